The summed E-state index contributed by atoms with van der Waals surface area (Å²) in [5.74, 6) is -1.20. The Morgan fingerprint density at radius 1 is 0.895 bits per heavy atom. The van der Waals surface area contributed by atoms with Gasteiger partial charge in [0, 0.05) is 44.3 Å². The number of rotatable bonds is 14. The van der Waals surface area contributed by atoms with Crippen LogP contribution in [-0.4, -0.2) is 65.9 Å². The fourth-order valence-corrected chi connectivity index (χ4v) is 4.13. The summed E-state index contributed by atoms with van der Waals surface area (Å²) in [6, 6.07) is 17.4. The van der Waals surface area contributed by atoms with Crippen molar-refractivity contribution in [3.8, 4) is 0 Å². The van der Waals surface area contributed by atoms with Crippen molar-refractivity contribution in [2.24, 2.45) is 17.2 Å². The van der Waals surface area contributed by atoms with Crippen LogP contribution in [0.1, 0.15) is 24.0 Å². The minimum absolute atomic E-state index is 0.204. The average molecular weight is 520 g/mol. The van der Waals surface area contributed by atoms with Crippen LogP contribution in [0.4, 0.5) is 0 Å². The quantitative estimate of drug-likeness (QED) is 0.206. The third kappa shape index (κ3) is 8.62. The molecule has 10 heteroatoms. The Balaban J connectivity index is 1.64. The molecule has 3 amide bonds. The molecule has 0 fully saturated rings. The van der Waals surface area contributed by atoms with E-state index >= 15 is 0 Å². The van der Waals surface area contributed by atoms with E-state index in [-0.39, 0.29) is 31.3 Å². The molecule has 1 aromatic heterocycles. The number of benzene rings is 2. The first-order valence-corrected chi connectivity index (χ1v) is 12.8. The first-order chi connectivity index (χ1) is 18.4. The van der Waals surface area contributed by atoms with E-state index in [2.05, 4.69) is 15.6 Å². The minimum atomic E-state index is -1.11. The number of nitrogens with zero attached hydrogens (tertiary/aromatic N) is 2. The number of fused-ring (bicyclic) bond motifs is 1. The molecular weight excluding hydrogens is 482 g/mol. The van der Waals surface area contributed by atoms with E-state index in [1.54, 1.807) is 6.20 Å². The van der Waals surface area contributed by atoms with Crippen molar-refractivity contribution in [1.29, 1.82) is 0 Å². The minimum Gasteiger partial charge on any atom is -0.350 e. The number of pyridine rings is 1. The smallest absolute Gasteiger partial charge is 0.242 e. The van der Waals surface area contributed by atoms with Gasteiger partial charge in [-0.3, -0.25) is 19.4 Å². The summed E-state index contributed by atoms with van der Waals surface area (Å²) in [4.78, 5) is 44.5. The standard InChI is InChI=1S/C28H37N7O3/c29-12-15-35(16-13-30)26(36)18-23(31)27(37)34-25(11-8-20-5-2-1-3-6-20)28(38)33-19-21-9-10-24-22(17-21)7-4-14-32-24/h1-7,9-10,14,17,23,25H,8,11-13,15-16,18-19,29-31H2,(H,33,38)(H,34,37)/t23-,25-/m0/s1. The predicted octanol–water partition coefficient (Wildman–Crippen LogP) is 0.432. The van der Waals surface area contributed by atoms with Gasteiger partial charge < -0.3 is 32.7 Å². The van der Waals surface area contributed by atoms with Crippen LogP contribution in [0.5, 0.6) is 0 Å². The Kier molecular flexibility index (Phi) is 11.2. The summed E-state index contributed by atoms with van der Waals surface area (Å²) >= 11 is 0. The van der Waals surface area contributed by atoms with Gasteiger partial charge in [0.25, 0.3) is 0 Å². The van der Waals surface area contributed by atoms with Crippen molar-refractivity contribution in [1.82, 2.24) is 20.5 Å². The highest BCUT2D eigenvalue weighted by atomic mass is 16.2. The number of aryl methyl sites for hydroxylation is 1. The van der Waals surface area contributed by atoms with Gasteiger partial charge in [-0.25, -0.2) is 0 Å². The molecule has 2 atom stereocenters. The lowest BCUT2D eigenvalue weighted by Gasteiger charge is -2.24. The van der Waals surface area contributed by atoms with Gasteiger partial charge in [0.15, 0.2) is 0 Å². The van der Waals surface area contributed by atoms with Crippen molar-refractivity contribution < 1.29 is 14.4 Å². The molecule has 0 saturated carbocycles. The molecule has 3 rings (SSSR count). The number of carbonyl (C=O) groups is 3. The molecule has 0 unspecified atom stereocenters. The summed E-state index contributed by atoms with van der Waals surface area (Å²) in [6.07, 6.45) is 2.48. The van der Waals surface area contributed by atoms with E-state index in [4.69, 9.17) is 17.2 Å². The number of hydrogen-bond acceptors (Lipinski definition) is 7. The van der Waals surface area contributed by atoms with Crippen LogP contribution in [0, 0.1) is 0 Å². The molecule has 0 aliphatic rings. The molecule has 2 aromatic carbocycles. The van der Waals surface area contributed by atoms with Crippen LogP contribution in [-0.2, 0) is 27.3 Å². The molecule has 0 spiro atoms. The van der Waals surface area contributed by atoms with Gasteiger partial charge in [0.2, 0.25) is 17.7 Å². The monoisotopic (exact) mass is 519 g/mol. The molecule has 0 aliphatic heterocycles. The SMILES string of the molecule is NCCN(CCN)C(=O)C[C@H](N)C(=O)N[C@@H](CCc1ccccc1)C(=O)NCc1ccc2ncccc2c1. The fraction of sp³-hybridized carbons (Fsp3) is 0.357. The van der Waals surface area contributed by atoms with Crippen molar-refractivity contribution in [2.75, 3.05) is 26.2 Å². The van der Waals surface area contributed by atoms with Crippen LogP contribution < -0.4 is 27.8 Å². The van der Waals surface area contributed by atoms with Gasteiger partial charge in [0.1, 0.15) is 6.04 Å². The third-order valence-corrected chi connectivity index (χ3v) is 6.21. The Morgan fingerprint density at radius 3 is 2.34 bits per heavy atom. The first kappa shape index (κ1) is 28.7. The van der Waals surface area contributed by atoms with Gasteiger partial charge in [-0.2, -0.15) is 0 Å². The molecule has 0 bridgehead atoms. The Hall–Kier alpha value is -3.86. The molecule has 3 aromatic rings. The highest BCUT2D eigenvalue weighted by Gasteiger charge is 2.26. The van der Waals surface area contributed by atoms with Crippen LogP contribution in [0.15, 0.2) is 66.9 Å². The molecule has 0 aliphatic carbocycles. The Labute approximate surface area is 222 Å². The topological polar surface area (TPSA) is 169 Å². The first-order valence-electron chi connectivity index (χ1n) is 12.8. The van der Waals surface area contributed by atoms with E-state index in [1.807, 2.05) is 60.7 Å². The lowest BCUT2D eigenvalue weighted by Crippen LogP contribution is -2.53. The fourth-order valence-electron chi connectivity index (χ4n) is 4.13. The largest absolute Gasteiger partial charge is 0.350 e. The van der Waals surface area contributed by atoms with E-state index in [9.17, 15) is 14.4 Å². The second-order valence-corrected chi connectivity index (χ2v) is 9.10. The van der Waals surface area contributed by atoms with Crippen molar-refractivity contribution in [3.63, 3.8) is 0 Å². The second-order valence-electron chi connectivity index (χ2n) is 9.10. The molecule has 10 nitrogen and oxygen atoms in total. The molecule has 1 heterocycles. The summed E-state index contributed by atoms with van der Waals surface area (Å²) in [6.45, 7) is 1.51. The Bertz CT molecular complexity index is 1200. The van der Waals surface area contributed by atoms with Crippen LogP contribution >= 0.6 is 0 Å². The van der Waals surface area contributed by atoms with E-state index in [1.165, 1.54) is 4.90 Å². The summed E-state index contributed by atoms with van der Waals surface area (Å²) in [7, 11) is 0. The number of carbonyl (C=O) groups excluding carboxylic acids is 3. The molecule has 202 valence electrons. The van der Waals surface area contributed by atoms with Crippen molar-refractivity contribution in [2.45, 2.75) is 37.9 Å². The summed E-state index contributed by atoms with van der Waals surface area (Å²) < 4.78 is 0. The van der Waals surface area contributed by atoms with E-state index in [0.717, 1.165) is 22.0 Å². The number of amides is 3. The molecule has 0 radical (unpaired) electrons. The normalized spacial score (nSPS) is 12.5. The van der Waals surface area contributed by atoms with E-state index < -0.39 is 18.0 Å². The number of nitrogens with one attached hydrogen (secondary N) is 2. The molecular formula is C28H37N7O3. The zero-order valence-corrected chi connectivity index (χ0v) is 21.5. The van der Waals surface area contributed by atoms with Gasteiger partial charge in [-0.05, 0) is 42.2 Å². The van der Waals surface area contributed by atoms with Gasteiger partial charge in [0.05, 0.1) is 18.0 Å². The summed E-state index contributed by atoms with van der Waals surface area (Å²) in [5, 5.41) is 6.65. The number of aromatic nitrogens is 1. The second kappa shape index (κ2) is 14.8. The van der Waals surface area contributed by atoms with Crippen molar-refractivity contribution in [3.05, 3.63) is 78.0 Å². The van der Waals surface area contributed by atoms with Crippen molar-refractivity contribution >= 4 is 28.6 Å². The Morgan fingerprint density at radius 2 is 1.63 bits per heavy atom. The van der Waals surface area contributed by atoms with E-state index in [0.29, 0.717) is 32.5 Å². The number of hydrogen-bond donors (Lipinski definition) is 5. The van der Waals surface area contributed by atoms with Gasteiger partial charge in [-0.1, -0.05) is 42.5 Å². The molecule has 0 saturated heterocycles. The van der Waals surface area contributed by atoms with Crippen LogP contribution in [0.25, 0.3) is 10.9 Å². The van der Waals surface area contributed by atoms with Gasteiger partial charge in [-0.15, -0.1) is 0 Å². The number of nitrogens with two attached hydrogens (primary N) is 3. The summed E-state index contributed by atoms with van der Waals surface area (Å²) in [5.41, 5.74) is 20.0. The van der Waals surface area contributed by atoms with Gasteiger partial charge >= 0.3 is 0 Å². The van der Waals surface area contributed by atoms with Crippen LogP contribution in [0.3, 0.4) is 0 Å². The molecule has 38 heavy (non-hydrogen) atoms. The zero-order chi connectivity index (χ0) is 27.3. The maximum atomic E-state index is 13.2. The average Bonchev–Trinajstić information content (AvgIpc) is 2.94. The lowest BCUT2D eigenvalue weighted by molar-refractivity contribution is -0.135. The lowest BCUT2D eigenvalue weighted by atomic mass is 10.0. The molecule has 8 N–H and O–H groups in total. The predicted molar refractivity (Wildman–Crippen MR) is 148 cm³/mol. The zero-order valence-electron chi connectivity index (χ0n) is 21.5. The maximum absolute atomic E-state index is 13.2. The third-order valence-electron chi connectivity index (χ3n) is 6.21. The van der Waals surface area contributed by atoms with Crippen LogP contribution in [0.2, 0.25) is 0 Å². The highest BCUT2D eigenvalue weighted by Crippen LogP contribution is 2.13. The highest BCUT2D eigenvalue weighted by molar-refractivity contribution is 5.92. The maximum Gasteiger partial charge on any atom is 0.242 e.